The van der Waals surface area contributed by atoms with Gasteiger partial charge < -0.3 is 20.1 Å². The fourth-order valence-electron chi connectivity index (χ4n) is 3.36. The van der Waals surface area contributed by atoms with Gasteiger partial charge in [-0.3, -0.25) is 0 Å². The summed E-state index contributed by atoms with van der Waals surface area (Å²) >= 11 is 0. The van der Waals surface area contributed by atoms with Crippen molar-refractivity contribution in [1.82, 2.24) is 10.3 Å². The molecule has 3 aromatic rings. The largest absolute Gasteiger partial charge is 0.504 e. The lowest BCUT2D eigenvalue weighted by molar-refractivity contribution is 0.372. The molecule has 0 radical (unpaired) electrons. The molecule has 0 amide bonds. The Balaban J connectivity index is 1.86. The van der Waals surface area contributed by atoms with Gasteiger partial charge in [-0.15, -0.1) is 0 Å². The van der Waals surface area contributed by atoms with Crippen LogP contribution < -0.4 is 10.1 Å². The zero-order valence-corrected chi connectivity index (χ0v) is 12.7. The molecule has 5 heteroatoms. The second-order valence-corrected chi connectivity index (χ2v) is 5.78. The van der Waals surface area contributed by atoms with Gasteiger partial charge in [0, 0.05) is 23.1 Å². The highest BCUT2D eigenvalue weighted by atomic mass is 19.1. The number of halogens is 1. The van der Waals surface area contributed by atoms with Crippen molar-refractivity contribution in [3.8, 4) is 11.5 Å². The maximum absolute atomic E-state index is 13.6. The molecule has 1 atom stereocenters. The molecule has 1 aliphatic heterocycles. The first-order valence-corrected chi connectivity index (χ1v) is 7.57. The number of fused-ring (bicyclic) bond motifs is 3. The molecule has 1 aromatic heterocycles. The highest BCUT2D eigenvalue weighted by molar-refractivity contribution is 5.85. The van der Waals surface area contributed by atoms with Crippen LogP contribution in [0.15, 0.2) is 36.4 Å². The SMILES string of the molecule is COc1cc(C2NCCc3c2[nH]c2ccc(F)cc32)ccc1O. The Bertz CT molecular complexity index is 888. The van der Waals surface area contributed by atoms with Crippen molar-refractivity contribution in [3.05, 3.63) is 59.0 Å². The Morgan fingerprint density at radius 3 is 2.91 bits per heavy atom. The number of phenolic OH excluding ortho intramolecular Hbond substituents is 1. The third-order valence-electron chi connectivity index (χ3n) is 4.45. The van der Waals surface area contributed by atoms with Crippen molar-refractivity contribution in [2.24, 2.45) is 0 Å². The maximum Gasteiger partial charge on any atom is 0.160 e. The lowest BCUT2D eigenvalue weighted by Gasteiger charge is -2.25. The van der Waals surface area contributed by atoms with Crippen molar-refractivity contribution >= 4 is 10.9 Å². The molecule has 1 unspecified atom stereocenters. The Hall–Kier alpha value is -2.53. The highest BCUT2D eigenvalue weighted by Gasteiger charge is 2.26. The molecule has 4 rings (SSSR count). The molecule has 0 saturated heterocycles. The van der Waals surface area contributed by atoms with Crippen molar-refractivity contribution in [2.75, 3.05) is 13.7 Å². The van der Waals surface area contributed by atoms with Crippen molar-refractivity contribution in [2.45, 2.75) is 12.5 Å². The van der Waals surface area contributed by atoms with Crippen molar-refractivity contribution in [1.29, 1.82) is 0 Å². The first kappa shape index (κ1) is 14.1. The summed E-state index contributed by atoms with van der Waals surface area (Å²) in [6, 6.07) is 10.1. The van der Waals surface area contributed by atoms with E-state index in [9.17, 15) is 9.50 Å². The van der Waals surface area contributed by atoms with Crippen LogP contribution in [-0.2, 0) is 6.42 Å². The lowest BCUT2D eigenvalue weighted by Crippen LogP contribution is -2.30. The van der Waals surface area contributed by atoms with Crippen LogP contribution >= 0.6 is 0 Å². The Kier molecular flexibility index (Phi) is 3.23. The van der Waals surface area contributed by atoms with Crippen molar-refractivity contribution in [3.63, 3.8) is 0 Å². The van der Waals surface area contributed by atoms with Gasteiger partial charge in [0.1, 0.15) is 5.82 Å². The number of aromatic amines is 1. The fraction of sp³-hybridized carbons (Fsp3) is 0.222. The van der Waals surface area contributed by atoms with Gasteiger partial charge in [0.15, 0.2) is 11.5 Å². The van der Waals surface area contributed by atoms with E-state index in [4.69, 9.17) is 4.74 Å². The van der Waals surface area contributed by atoms with Crippen LogP contribution in [0.25, 0.3) is 10.9 Å². The Morgan fingerprint density at radius 1 is 1.22 bits per heavy atom. The summed E-state index contributed by atoms with van der Waals surface area (Å²) < 4.78 is 18.8. The zero-order valence-electron chi connectivity index (χ0n) is 12.7. The van der Waals surface area contributed by atoms with Crippen LogP contribution in [0.2, 0.25) is 0 Å². The number of aromatic hydroxyl groups is 1. The minimum Gasteiger partial charge on any atom is -0.504 e. The normalized spacial score (nSPS) is 17.2. The first-order valence-electron chi connectivity index (χ1n) is 7.57. The van der Waals surface area contributed by atoms with E-state index in [1.54, 1.807) is 18.2 Å². The van der Waals surface area contributed by atoms with Crippen molar-refractivity contribution < 1.29 is 14.2 Å². The number of phenols is 1. The number of hydrogen-bond donors (Lipinski definition) is 3. The molecule has 23 heavy (non-hydrogen) atoms. The van der Waals surface area contributed by atoms with Crippen LogP contribution in [0, 0.1) is 5.82 Å². The van der Waals surface area contributed by atoms with E-state index in [0.717, 1.165) is 40.7 Å². The van der Waals surface area contributed by atoms with Crippen LogP contribution in [0.1, 0.15) is 22.9 Å². The Labute approximate surface area is 132 Å². The molecule has 3 N–H and O–H groups in total. The van der Waals surface area contributed by atoms with Crippen LogP contribution in [0.5, 0.6) is 11.5 Å². The average Bonchev–Trinajstić information content (AvgIpc) is 2.93. The van der Waals surface area contributed by atoms with E-state index in [0.29, 0.717) is 5.75 Å². The molecule has 0 fully saturated rings. The average molecular weight is 312 g/mol. The molecule has 0 saturated carbocycles. The monoisotopic (exact) mass is 312 g/mol. The van der Waals surface area contributed by atoms with Gasteiger partial charge in [0.2, 0.25) is 0 Å². The van der Waals surface area contributed by atoms with E-state index < -0.39 is 0 Å². The van der Waals surface area contributed by atoms with Gasteiger partial charge in [-0.05, 0) is 47.9 Å². The molecule has 1 aliphatic rings. The number of methoxy groups -OCH3 is 1. The molecule has 0 bridgehead atoms. The van der Waals surface area contributed by atoms with Gasteiger partial charge >= 0.3 is 0 Å². The molecular weight excluding hydrogens is 295 g/mol. The smallest absolute Gasteiger partial charge is 0.160 e. The summed E-state index contributed by atoms with van der Waals surface area (Å²) in [5.41, 5.74) is 4.13. The summed E-state index contributed by atoms with van der Waals surface area (Å²) in [7, 11) is 1.53. The summed E-state index contributed by atoms with van der Waals surface area (Å²) in [5.74, 6) is 0.338. The van der Waals surface area contributed by atoms with E-state index in [-0.39, 0.29) is 17.6 Å². The minimum absolute atomic E-state index is 0.0382. The fourth-order valence-corrected chi connectivity index (χ4v) is 3.36. The summed E-state index contributed by atoms with van der Waals surface area (Å²) in [6.45, 7) is 0.810. The van der Waals surface area contributed by atoms with E-state index >= 15 is 0 Å². The third kappa shape index (κ3) is 2.24. The topological polar surface area (TPSA) is 57.3 Å². The second kappa shape index (κ2) is 5.28. The van der Waals surface area contributed by atoms with E-state index in [1.807, 2.05) is 12.1 Å². The number of hydrogen-bond acceptors (Lipinski definition) is 3. The molecular formula is C18H17FN2O2. The third-order valence-corrected chi connectivity index (χ3v) is 4.45. The molecule has 2 heterocycles. The standard InChI is InChI=1S/C18H17FN2O2/c1-23-16-8-10(2-5-15(16)22)17-18-12(6-7-20-17)13-9-11(19)3-4-14(13)21-18/h2-5,8-9,17,20-22H,6-7H2,1H3. The van der Waals surface area contributed by atoms with E-state index in [1.165, 1.54) is 13.2 Å². The second-order valence-electron chi connectivity index (χ2n) is 5.78. The predicted molar refractivity (Wildman–Crippen MR) is 86.5 cm³/mol. The molecule has 4 nitrogen and oxygen atoms in total. The Morgan fingerprint density at radius 2 is 2.09 bits per heavy atom. The number of H-pyrrole nitrogens is 1. The lowest BCUT2D eigenvalue weighted by atomic mass is 9.94. The van der Waals surface area contributed by atoms with Gasteiger partial charge in [-0.1, -0.05) is 6.07 Å². The zero-order chi connectivity index (χ0) is 16.0. The number of rotatable bonds is 2. The van der Waals surface area contributed by atoms with Gasteiger partial charge in [0.05, 0.1) is 13.2 Å². The number of benzene rings is 2. The number of aromatic nitrogens is 1. The van der Waals surface area contributed by atoms with E-state index in [2.05, 4.69) is 10.3 Å². The minimum atomic E-state index is -0.222. The van der Waals surface area contributed by atoms with Gasteiger partial charge in [-0.2, -0.15) is 0 Å². The first-order chi connectivity index (χ1) is 11.2. The van der Waals surface area contributed by atoms with Gasteiger partial charge in [-0.25, -0.2) is 4.39 Å². The van der Waals surface area contributed by atoms with Crippen LogP contribution in [0.3, 0.4) is 0 Å². The predicted octanol–water partition coefficient (Wildman–Crippen LogP) is 3.26. The van der Waals surface area contributed by atoms with Gasteiger partial charge in [0.25, 0.3) is 0 Å². The highest BCUT2D eigenvalue weighted by Crippen LogP contribution is 2.36. The van der Waals surface area contributed by atoms with Crippen LogP contribution in [0.4, 0.5) is 4.39 Å². The number of ether oxygens (including phenoxy) is 1. The molecule has 2 aromatic carbocycles. The molecule has 0 aliphatic carbocycles. The quantitative estimate of drug-likeness (QED) is 0.681. The van der Waals surface area contributed by atoms with Crippen LogP contribution in [-0.4, -0.2) is 23.7 Å². The summed E-state index contributed by atoms with van der Waals surface area (Å²) in [6.07, 6.45) is 0.852. The maximum atomic E-state index is 13.6. The molecule has 0 spiro atoms. The molecule has 118 valence electrons. The summed E-state index contributed by atoms with van der Waals surface area (Å²) in [4.78, 5) is 3.41. The number of nitrogens with one attached hydrogen (secondary N) is 2. The summed E-state index contributed by atoms with van der Waals surface area (Å²) in [5, 5.41) is 14.2.